The predicted octanol–water partition coefficient (Wildman–Crippen LogP) is 2.18. The Kier molecular flexibility index (Phi) is 8.09. The first-order valence-corrected chi connectivity index (χ1v) is 5.74. The monoisotopic (exact) mass is 217 g/mol. The van der Waals surface area contributed by atoms with E-state index in [-0.39, 0.29) is 13.2 Å². The number of amides is 1. The van der Waals surface area contributed by atoms with E-state index in [1.54, 1.807) is 0 Å². The summed E-state index contributed by atoms with van der Waals surface area (Å²) < 4.78 is 0. The highest BCUT2D eigenvalue weighted by Crippen LogP contribution is 2.14. The molecule has 0 aromatic heterocycles. The second kappa shape index (κ2) is 8.53. The van der Waals surface area contributed by atoms with Gasteiger partial charge in [-0.05, 0) is 12.3 Å². The topological polar surface area (TPSA) is 60.8 Å². The van der Waals surface area contributed by atoms with Gasteiger partial charge in [-0.2, -0.15) is 0 Å². The van der Waals surface area contributed by atoms with Crippen LogP contribution in [0.15, 0.2) is 0 Å². The molecule has 0 aromatic carbocycles. The molecule has 0 aromatic rings. The SMILES string of the molecule is CCCCC(CC)CN(CCO)C(=O)O. The number of aliphatic hydroxyl groups is 1. The van der Waals surface area contributed by atoms with Gasteiger partial charge in [-0.3, -0.25) is 0 Å². The fraction of sp³-hybridized carbons (Fsp3) is 0.909. The van der Waals surface area contributed by atoms with Gasteiger partial charge >= 0.3 is 6.09 Å². The first-order chi connectivity index (χ1) is 7.15. The molecule has 1 atom stereocenters. The summed E-state index contributed by atoms with van der Waals surface area (Å²) in [6.07, 6.45) is 3.42. The van der Waals surface area contributed by atoms with E-state index in [0.29, 0.717) is 12.5 Å². The summed E-state index contributed by atoms with van der Waals surface area (Å²) in [5.41, 5.74) is 0. The third-order valence-electron chi connectivity index (χ3n) is 2.66. The van der Waals surface area contributed by atoms with Crippen molar-refractivity contribution >= 4 is 6.09 Å². The molecule has 0 saturated carbocycles. The van der Waals surface area contributed by atoms with E-state index in [0.717, 1.165) is 25.7 Å². The van der Waals surface area contributed by atoms with Crippen molar-refractivity contribution in [3.8, 4) is 0 Å². The molecule has 0 saturated heterocycles. The lowest BCUT2D eigenvalue weighted by molar-refractivity contribution is 0.121. The summed E-state index contributed by atoms with van der Waals surface area (Å²) in [6, 6.07) is 0. The number of hydrogen-bond acceptors (Lipinski definition) is 2. The van der Waals surface area contributed by atoms with Gasteiger partial charge in [-0.25, -0.2) is 4.79 Å². The number of nitrogens with zero attached hydrogens (tertiary/aromatic N) is 1. The van der Waals surface area contributed by atoms with Crippen molar-refractivity contribution < 1.29 is 15.0 Å². The van der Waals surface area contributed by atoms with Crippen molar-refractivity contribution in [1.29, 1.82) is 0 Å². The molecule has 0 heterocycles. The highest BCUT2D eigenvalue weighted by Gasteiger charge is 2.16. The molecule has 15 heavy (non-hydrogen) atoms. The lowest BCUT2D eigenvalue weighted by atomic mass is 9.99. The summed E-state index contributed by atoms with van der Waals surface area (Å²) in [6.45, 7) is 4.88. The van der Waals surface area contributed by atoms with Crippen LogP contribution in [-0.4, -0.2) is 40.9 Å². The summed E-state index contributed by atoms with van der Waals surface area (Å²) in [5, 5.41) is 17.6. The zero-order chi connectivity index (χ0) is 11.7. The minimum Gasteiger partial charge on any atom is -0.465 e. The minimum absolute atomic E-state index is 0.101. The number of carboxylic acid groups (broad SMARTS) is 1. The Labute approximate surface area is 91.9 Å². The third kappa shape index (κ3) is 6.33. The number of hydrogen-bond donors (Lipinski definition) is 2. The van der Waals surface area contributed by atoms with Gasteiger partial charge < -0.3 is 15.1 Å². The Morgan fingerprint density at radius 3 is 2.47 bits per heavy atom. The standard InChI is InChI=1S/C11H23NO3/c1-3-5-6-10(4-2)9-12(7-8-13)11(14)15/h10,13H,3-9H2,1-2H3,(H,14,15). The normalized spacial score (nSPS) is 12.5. The molecule has 90 valence electrons. The molecule has 0 radical (unpaired) electrons. The van der Waals surface area contributed by atoms with Gasteiger partial charge in [0.15, 0.2) is 0 Å². The quantitative estimate of drug-likeness (QED) is 0.655. The zero-order valence-corrected chi connectivity index (χ0v) is 9.78. The number of rotatable bonds is 8. The highest BCUT2D eigenvalue weighted by molar-refractivity contribution is 5.64. The Morgan fingerprint density at radius 2 is 2.07 bits per heavy atom. The van der Waals surface area contributed by atoms with E-state index < -0.39 is 6.09 Å². The van der Waals surface area contributed by atoms with Gasteiger partial charge in [0.1, 0.15) is 0 Å². The Bertz CT molecular complexity index is 173. The first kappa shape index (κ1) is 14.2. The molecular weight excluding hydrogens is 194 g/mol. The maximum atomic E-state index is 10.8. The summed E-state index contributed by atoms with van der Waals surface area (Å²) in [7, 11) is 0. The average Bonchev–Trinajstić information content (AvgIpc) is 2.22. The smallest absolute Gasteiger partial charge is 0.407 e. The number of unbranched alkanes of at least 4 members (excludes halogenated alkanes) is 1. The van der Waals surface area contributed by atoms with E-state index in [1.807, 2.05) is 0 Å². The molecule has 0 spiro atoms. The third-order valence-corrected chi connectivity index (χ3v) is 2.66. The van der Waals surface area contributed by atoms with Crippen LogP contribution in [0.25, 0.3) is 0 Å². The van der Waals surface area contributed by atoms with E-state index >= 15 is 0 Å². The van der Waals surface area contributed by atoms with Crippen molar-refractivity contribution in [3.63, 3.8) is 0 Å². The van der Waals surface area contributed by atoms with Gasteiger partial charge in [-0.15, -0.1) is 0 Å². The van der Waals surface area contributed by atoms with E-state index in [4.69, 9.17) is 10.2 Å². The van der Waals surface area contributed by atoms with Crippen LogP contribution >= 0.6 is 0 Å². The molecule has 0 aliphatic heterocycles. The van der Waals surface area contributed by atoms with Gasteiger partial charge in [-0.1, -0.05) is 33.1 Å². The van der Waals surface area contributed by atoms with Crippen LogP contribution in [0.4, 0.5) is 4.79 Å². The largest absolute Gasteiger partial charge is 0.465 e. The van der Waals surface area contributed by atoms with Crippen molar-refractivity contribution in [2.75, 3.05) is 19.7 Å². The van der Waals surface area contributed by atoms with Gasteiger partial charge in [0.05, 0.1) is 6.61 Å². The molecule has 4 heteroatoms. The second-order valence-corrected chi connectivity index (χ2v) is 3.87. The van der Waals surface area contributed by atoms with Crippen LogP contribution in [0.1, 0.15) is 39.5 Å². The first-order valence-electron chi connectivity index (χ1n) is 5.74. The lowest BCUT2D eigenvalue weighted by Gasteiger charge is -2.23. The molecule has 1 amide bonds. The van der Waals surface area contributed by atoms with Gasteiger partial charge in [0.25, 0.3) is 0 Å². The lowest BCUT2D eigenvalue weighted by Crippen LogP contribution is -2.36. The van der Waals surface area contributed by atoms with E-state index in [1.165, 1.54) is 4.90 Å². The molecule has 2 N–H and O–H groups in total. The fourth-order valence-corrected chi connectivity index (χ4v) is 1.61. The Morgan fingerprint density at radius 1 is 1.40 bits per heavy atom. The van der Waals surface area contributed by atoms with Crippen molar-refractivity contribution in [2.24, 2.45) is 5.92 Å². The molecular formula is C11H23NO3. The van der Waals surface area contributed by atoms with Crippen LogP contribution in [-0.2, 0) is 0 Å². The molecule has 4 nitrogen and oxygen atoms in total. The van der Waals surface area contributed by atoms with E-state index in [2.05, 4.69) is 13.8 Å². The second-order valence-electron chi connectivity index (χ2n) is 3.87. The Balaban J connectivity index is 4.03. The maximum absolute atomic E-state index is 10.8. The Hall–Kier alpha value is -0.770. The summed E-state index contributed by atoms with van der Waals surface area (Å²) >= 11 is 0. The van der Waals surface area contributed by atoms with Gasteiger partial charge in [0.2, 0.25) is 0 Å². The fourth-order valence-electron chi connectivity index (χ4n) is 1.61. The number of carbonyl (C=O) groups is 1. The number of aliphatic hydroxyl groups excluding tert-OH is 1. The summed E-state index contributed by atoms with van der Waals surface area (Å²) in [5.74, 6) is 0.424. The van der Waals surface area contributed by atoms with Crippen LogP contribution in [0.2, 0.25) is 0 Å². The highest BCUT2D eigenvalue weighted by atomic mass is 16.4. The summed E-state index contributed by atoms with van der Waals surface area (Å²) in [4.78, 5) is 12.1. The molecule has 0 bridgehead atoms. The maximum Gasteiger partial charge on any atom is 0.407 e. The minimum atomic E-state index is -0.931. The molecule has 1 unspecified atom stereocenters. The average molecular weight is 217 g/mol. The van der Waals surface area contributed by atoms with Gasteiger partial charge in [0, 0.05) is 13.1 Å². The molecule has 0 fully saturated rings. The van der Waals surface area contributed by atoms with Crippen molar-refractivity contribution in [3.05, 3.63) is 0 Å². The van der Waals surface area contributed by atoms with Crippen LogP contribution in [0.5, 0.6) is 0 Å². The van der Waals surface area contributed by atoms with E-state index in [9.17, 15) is 4.79 Å². The molecule has 0 rings (SSSR count). The predicted molar refractivity (Wildman–Crippen MR) is 60.0 cm³/mol. The van der Waals surface area contributed by atoms with Crippen LogP contribution in [0.3, 0.4) is 0 Å². The zero-order valence-electron chi connectivity index (χ0n) is 9.78. The molecule has 0 aliphatic rings. The van der Waals surface area contributed by atoms with Crippen LogP contribution in [0, 0.1) is 5.92 Å². The van der Waals surface area contributed by atoms with Crippen molar-refractivity contribution in [2.45, 2.75) is 39.5 Å². The molecule has 0 aliphatic carbocycles. The van der Waals surface area contributed by atoms with Crippen LogP contribution < -0.4 is 0 Å². The van der Waals surface area contributed by atoms with Crippen molar-refractivity contribution in [1.82, 2.24) is 4.90 Å².